The Kier molecular flexibility index (Phi) is 5.46. The number of nitrogens with one attached hydrogen (secondary N) is 2. The summed E-state index contributed by atoms with van der Waals surface area (Å²) in [6.07, 6.45) is 4.99. The average molecular weight is 445 g/mol. The molecule has 5 rings (SSSR count). The Balaban J connectivity index is 1.44. The molecule has 0 atom stereocenters. The monoisotopic (exact) mass is 445 g/mol. The predicted molar refractivity (Wildman–Crippen MR) is 123 cm³/mol. The predicted octanol–water partition coefficient (Wildman–Crippen LogP) is 5.25. The summed E-state index contributed by atoms with van der Waals surface area (Å²) in [6.45, 7) is 0. The van der Waals surface area contributed by atoms with Gasteiger partial charge in [-0.1, -0.05) is 18.2 Å². The molecule has 4 aromatic rings. The SMILES string of the molecule is O=C(Cc1ccc(Nc2ccnc3[nH]c(=O)c4c(c23)CCCC4)c(F)c1)c1cccc(F)c1. The second kappa shape index (κ2) is 8.58. The molecule has 0 bridgehead atoms. The van der Waals surface area contributed by atoms with Crippen molar-refractivity contribution in [3.05, 3.63) is 99.0 Å². The molecule has 33 heavy (non-hydrogen) atoms. The van der Waals surface area contributed by atoms with Crippen LogP contribution in [-0.2, 0) is 19.3 Å². The van der Waals surface area contributed by atoms with Gasteiger partial charge in [0.25, 0.3) is 5.56 Å². The summed E-state index contributed by atoms with van der Waals surface area (Å²) in [4.78, 5) is 32.0. The summed E-state index contributed by atoms with van der Waals surface area (Å²) in [5.74, 6) is -1.28. The number of anilines is 2. The van der Waals surface area contributed by atoms with E-state index in [1.54, 1.807) is 24.4 Å². The van der Waals surface area contributed by atoms with Crippen LogP contribution >= 0.6 is 0 Å². The third-order valence-electron chi connectivity index (χ3n) is 6.04. The molecule has 0 aliphatic heterocycles. The van der Waals surface area contributed by atoms with E-state index >= 15 is 0 Å². The second-order valence-corrected chi connectivity index (χ2v) is 8.25. The third kappa shape index (κ3) is 4.14. The van der Waals surface area contributed by atoms with Crippen LogP contribution in [0.25, 0.3) is 11.0 Å². The van der Waals surface area contributed by atoms with Crippen LogP contribution in [0.1, 0.15) is 39.9 Å². The highest BCUT2D eigenvalue weighted by Gasteiger charge is 2.19. The molecule has 0 fully saturated rings. The number of ketones is 1. The lowest BCUT2D eigenvalue weighted by molar-refractivity contribution is 0.0992. The number of fused-ring (bicyclic) bond motifs is 3. The van der Waals surface area contributed by atoms with Gasteiger partial charge in [0, 0.05) is 29.1 Å². The smallest absolute Gasteiger partial charge is 0.253 e. The number of hydrogen-bond donors (Lipinski definition) is 2. The summed E-state index contributed by atoms with van der Waals surface area (Å²) < 4.78 is 28.3. The number of H-pyrrole nitrogens is 1. The third-order valence-corrected chi connectivity index (χ3v) is 6.04. The van der Waals surface area contributed by atoms with Gasteiger partial charge in [0.15, 0.2) is 5.78 Å². The molecule has 0 radical (unpaired) electrons. The number of pyridine rings is 2. The first-order chi connectivity index (χ1) is 16.0. The number of Topliss-reactive ketones (excluding diaryl/α,β-unsaturated/α-hetero) is 1. The first-order valence-electron chi connectivity index (χ1n) is 10.9. The average Bonchev–Trinajstić information content (AvgIpc) is 2.81. The maximum Gasteiger partial charge on any atom is 0.253 e. The molecular formula is C26H21F2N3O2. The Hall–Kier alpha value is -3.87. The number of rotatable bonds is 5. The Bertz CT molecular complexity index is 1450. The summed E-state index contributed by atoms with van der Waals surface area (Å²) in [5.41, 5.74) is 3.76. The Morgan fingerprint density at radius 2 is 1.82 bits per heavy atom. The standard InChI is InChI=1S/C26H21F2N3O2/c27-17-5-3-4-16(14-17)23(32)13-15-8-9-21(20(28)12-15)30-22-10-11-29-25-24(22)18-6-1-2-7-19(18)26(33)31-25/h3-5,8-12,14H,1-2,6-7,13H2,(H2,29,30,31,33). The van der Waals surface area contributed by atoms with Crippen LogP contribution in [0.15, 0.2) is 59.5 Å². The van der Waals surface area contributed by atoms with E-state index < -0.39 is 11.6 Å². The fraction of sp³-hybridized carbons (Fsp3) is 0.192. The molecule has 1 aliphatic rings. The molecule has 2 heterocycles. The van der Waals surface area contributed by atoms with E-state index in [9.17, 15) is 18.4 Å². The van der Waals surface area contributed by atoms with Crippen molar-refractivity contribution in [2.45, 2.75) is 32.1 Å². The summed E-state index contributed by atoms with van der Waals surface area (Å²) >= 11 is 0. The molecule has 166 valence electrons. The van der Waals surface area contributed by atoms with E-state index in [4.69, 9.17) is 0 Å². The fourth-order valence-corrected chi connectivity index (χ4v) is 4.45. The number of aromatic nitrogens is 2. The number of aryl methyl sites for hydroxylation is 1. The van der Waals surface area contributed by atoms with Gasteiger partial charge in [-0.15, -0.1) is 0 Å². The van der Waals surface area contributed by atoms with Crippen molar-refractivity contribution in [2.75, 3.05) is 5.32 Å². The van der Waals surface area contributed by atoms with Gasteiger partial charge in [0.05, 0.1) is 11.4 Å². The van der Waals surface area contributed by atoms with Crippen molar-refractivity contribution >= 4 is 28.2 Å². The maximum absolute atomic E-state index is 14.9. The number of carbonyl (C=O) groups is 1. The normalized spacial score (nSPS) is 13.0. The van der Waals surface area contributed by atoms with Crippen LogP contribution in [-0.4, -0.2) is 15.8 Å². The first-order valence-corrected chi connectivity index (χ1v) is 10.9. The zero-order valence-electron chi connectivity index (χ0n) is 17.8. The Labute approximate surface area is 188 Å². The van der Waals surface area contributed by atoms with E-state index in [0.717, 1.165) is 42.2 Å². The van der Waals surface area contributed by atoms with Crippen LogP contribution in [0.2, 0.25) is 0 Å². The topological polar surface area (TPSA) is 74.8 Å². The van der Waals surface area contributed by atoms with Gasteiger partial charge in [-0.3, -0.25) is 9.59 Å². The van der Waals surface area contributed by atoms with Gasteiger partial charge in [0.1, 0.15) is 17.3 Å². The number of benzene rings is 2. The van der Waals surface area contributed by atoms with Gasteiger partial charge < -0.3 is 10.3 Å². The first kappa shape index (κ1) is 21.0. The molecule has 0 saturated heterocycles. The number of nitrogens with zero attached hydrogens (tertiary/aromatic N) is 1. The van der Waals surface area contributed by atoms with E-state index in [0.29, 0.717) is 16.9 Å². The Morgan fingerprint density at radius 3 is 2.61 bits per heavy atom. The van der Waals surface area contributed by atoms with Crippen LogP contribution < -0.4 is 10.9 Å². The summed E-state index contributed by atoms with van der Waals surface area (Å²) in [6, 6.07) is 11.8. The maximum atomic E-state index is 14.9. The van der Waals surface area contributed by atoms with E-state index in [1.165, 1.54) is 30.3 Å². The molecule has 2 aromatic carbocycles. The van der Waals surface area contributed by atoms with Crippen LogP contribution in [0.5, 0.6) is 0 Å². The highest BCUT2D eigenvalue weighted by molar-refractivity contribution is 5.97. The van der Waals surface area contributed by atoms with E-state index in [1.807, 2.05) is 0 Å². The lowest BCUT2D eigenvalue weighted by Gasteiger charge is -2.19. The summed E-state index contributed by atoms with van der Waals surface area (Å²) in [5, 5.41) is 3.94. The quantitative estimate of drug-likeness (QED) is 0.412. The van der Waals surface area contributed by atoms with Crippen molar-refractivity contribution in [3.8, 4) is 0 Å². The van der Waals surface area contributed by atoms with Crippen molar-refractivity contribution in [3.63, 3.8) is 0 Å². The van der Waals surface area contributed by atoms with E-state index in [2.05, 4.69) is 15.3 Å². The molecule has 7 heteroatoms. The van der Waals surface area contributed by atoms with Gasteiger partial charge in [-0.2, -0.15) is 0 Å². The van der Waals surface area contributed by atoms with Crippen LogP contribution in [0, 0.1) is 11.6 Å². The van der Waals surface area contributed by atoms with Crippen LogP contribution in [0.3, 0.4) is 0 Å². The molecule has 0 amide bonds. The number of halogens is 2. The van der Waals surface area contributed by atoms with Crippen molar-refractivity contribution in [2.24, 2.45) is 0 Å². The highest BCUT2D eigenvalue weighted by Crippen LogP contribution is 2.32. The Morgan fingerprint density at radius 1 is 1.00 bits per heavy atom. The van der Waals surface area contributed by atoms with E-state index in [-0.39, 0.29) is 29.0 Å². The molecular weight excluding hydrogens is 424 g/mol. The second-order valence-electron chi connectivity index (χ2n) is 8.25. The van der Waals surface area contributed by atoms with Crippen LogP contribution in [0.4, 0.5) is 20.2 Å². The molecule has 5 nitrogen and oxygen atoms in total. The number of carbonyl (C=O) groups excluding carboxylic acids is 1. The van der Waals surface area contributed by atoms with Crippen molar-refractivity contribution in [1.82, 2.24) is 9.97 Å². The zero-order valence-corrected chi connectivity index (χ0v) is 17.8. The molecule has 1 aliphatic carbocycles. The van der Waals surface area contributed by atoms with Gasteiger partial charge in [-0.05, 0) is 67.1 Å². The van der Waals surface area contributed by atoms with Gasteiger partial charge in [-0.25, -0.2) is 13.8 Å². The fourth-order valence-electron chi connectivity index (χ4n) is 4.45. The molecule has 2 N–H and O–H groups in total. The highest BCUT2D eigenvalue weighted by atomic mass is 19.1. The van der Waals surface area contributed by atoms with Crippen molar-refractivity contribution in [1.29, 1.82) is 0 Å². The van der Waals surface area contributed by atoms with Gasteiger partial charge in [0.2, 0.25) is 0 Å². The number of aromatic amines is 1. The lowest BCUT2D eigenvalue weighted by Crippen LogP contribution is -2.20. The minimum Gasteiger partial charge on any atom is -0.352 e. The van der Waals surface area contributed by atoms with Gasteiger partial charge >= 0.3 is 0 Å². The summed E-state index contributed by atoms with van der Waals surface area (Å²) in [7, 11) is 0. The molecule has 0 spiro atoms. The largest absolute Gasteiger partial charge is 0.352 e. The number of hydrogen-bond acceptors (Lipinski definition) is 4. The molecule has 0 unspecified atom stereocenters. The molecule has 0 saturated carbocycles. The lowest BCUT2D eigenvalue weighted by atomic mass is 9.90. The minimum atomic E-state index is -0.511. The minimum absolute atomic E-state index is 0.0341. The van der Waals surface area contributed by atoms with Crippen molar-refractivity contribution < 1.29 is 13.6 Å². The molecule has 2 aromatic heterocycles. The zero-order chi connectivity index (χ0) is 22.9.